The molecule has 0 aromatic heterocycles. The third-order valence-electron chi connectivity index (χ3n) is 4.62. The van der Waals surface area contributed by atoms with Crippen molar-refractivity contribution >= 4 is 34.2 Å². The summed E-state index contributed by atoms with van der Waals surface area (Å²) in [5.41, 5.74) is 5.91. The second kappa shape index (κ2) is 8.83. The Labute approximate surface area is 161 Å². The predicted molar refractivity (Wildman–Crippen MR) is 105 cm³/mol. The number of amidine groups is 1. The Balaban J connectivity index is 0.00000338. The van der Waals surface area contributed by atoms with Crippen LogP contribution in [0.3, 0.4) is 0 Å². The van der Waals surface area contributed by atoms with E-state index in [-0.39, 0.29) is 29.1 Å². The number of nitrogens with two attached hydrogens (primary N) is 1. The summed E-state index contributed by atoms with van der Waals surface area (Å²) in [5, 5.41) is 2.98. The molecule has 0 spiro atoms. The standard InChI is InChI=1S/C17H26N4O3S.ClH/c1-12(2)17(3,11-18)20-15(22)9-6-10-19-16-13-7-4-5-8-14(13)25(23,24)21-16;/h4-5,7-8,12H,6,9-11,18H2,1-3H3,(H,19,21)(H,20,22);1H. The minimum atomic E-state index is -3.52. The number of nitrogens with one attached hydrogen (secondary N) is 2. The van der Waals surface area contributed by atoms with E-state index in [1.165, 1.54) is 0 Å². The van der Waals surface area contributed by atoms with Crippen molar-refractivity contribution in [1.82, 2.24) is 10.0 Å². The number of benzene rings is 1. The summed E-state index contributed by atoms with van der Waals surface area (Å²) < 4.78 is 26.4. The Bertz CT molecular complexity index is 780. The summed E-state index contributed by atoms with van der Waals surface area (Å²) in [5.74, 6) is 0.491. The number of carbonyl (C=O) groups is 1. The van der Waals surface area contributed by atoms with E-state index in [4.69, 9.17) is 5.73 Å². The van der Waals surface area contributed by atoms with Crippen LogP contribution in [0, 0.1) is 5.92 Å². The monoisotopic (exact) mass is 402 g/mol. The Kier molecular flexibility index (Phi) is 7.61. The van der Waals surface area contributed by atoms with Crippen LogP contribution >= 0.6 is 12.4 Å². The van der Waals surface area contributed by atoms with Gasteiger partial charge in [0.25, 0.3) is 10.0 Å². The first-order valence-corrected chi connectivity index (χ1v) is 9.85. The largest absolute Gasteiger partial charge is 0.349 e. The van der Waals surface area contributed by atoms with Crippen LogP contribution in [0.5, 0.6) is 0 Å². The van der Waals surface area contributed by atoms with E-state index >= 15 is 0 Å². The van der Waals surface area contributed by atoms with Gasteiger partial charge in [0, 0.05) is 25.1 Å². The van der Waals surface area contributed by atoms with Gasteiger partial charge in [-0.2, -0.15) is 0 Å². The average Bonchev–Trinajstić information content (AvgIpc) is 2.82. The molecule has 1 aliphatic rings. The first-order valence-electron chi connectivity index (χ1n) is 8.37. The number of rotatable bonds is 7. The Hall–Kier alpha value is -1.64. The smallest absolute Gasteiger partial charge is 0.263 e. The van der Waals surface area contributed by atoms with E-state index in [1.807, 2.05) is 20.8 Å². The summed E-state index contributed by atoms with van der Waals surface area (Å²) >= 11 is 0. The zero-order chi connectivity index (χ0) is 18.7. The molecule has 26 heavy (non-hydrogen) atoms. The maximum Gasteiger partial charge on any atom is 0.263 e. The molecule has 0 bridgehead atoms. The number of amides is 1. The predicted octanol–water partition coefficient (Wildman–Crippen LogP) is 1.42. The van der Waals surface area contributed by atoms with Crippen molar-refractivity contribution in [1.29, 1.82) is 0 Å². The highest BCUT2D eigenvalue weighted by Gasteiger charge is 2.30. The van der Waals surface area contributed by atoms with Crippen LogP contribution in [0.4, 0.5) is 0 Å². The fourth-order valence-corrected chi connectivity index (χ4v) is 3.74. The highest BCUT2D eigenvalue weighted by molar-refractivity contribution is 7.90. The maximum absolute atomic E-state index is 12.1. The van der Waals surface area contributed by atoms with Crippen molar-refractivity contribution in [2.75, 3.05) is 13.1 Å². The summed E-state index contributed by atoms with van der Waals surface area (Å²) in [6.45, 7) is 6.70. The molecule has 4 N–H and O–H groups in total. The summed E-state index contributed by atoms with van der Waals surface area (Å²) in [4.78, 5) is 16.6. The van der Waals surface area contributed by atoms with Crippen molar-refractivity contribution < 1.29 is 13.2 Å². The fourth-order valence-electron chi connectivity index (χ4n) is 2.49. The van der Waals surface area contributed by atoms with Crippen LogP contribution in [0.15, 0.2) is 34.2 Å². The van der Waals surface area contributed by atoms with Crippen molar-refractivity contribution in [2.45, 2.75) is 44.0 Å². The number of halogens is 1. The average molecular weight is 403 g/mol. The number of nitrogens with zero attached hydrogens (tertiary/aromatic N) is 1. The molecule has 0 aliphatic carbocycles. The number of hydrogen-bond acceptors (Lipinski definition) is 5. The topological polar surface area (TPSA) is 114 Å². The molecule has 2 rings (SSSR count). The van der Waals surface area contributed by atoms with E-state index < -0.39 is 15.6 Å². The van der Waals surface area contributed by atoms with Gasteiger partial charge in [0.2, 0.25) is 5.91 Å². The first-order chi connectivity index (χ1) is 11.7. The molecule has 146 valence electrons. The van der Waals surface area contributed by atoms with Gasteiger partial charge in [0.15, 0.2) is 0 Å². The molecule has 0 radical (unpaired) electrons. The Morgan fingerprint density at radius 1 is 1.35 bits per heavy atom. The lowest BCUT2D eigenvalue weighted by atomic mass is 9.88. The van der Waals surface area contributed by atoms with E-state index in [0.29, 0.717) is 37.3 Å². The van der Waals surface area contributed by atoms with Gasteiger partial charge in [0.05, 0.1) is 10.4 Å². The van der Waals surface area contributed by atoms with E-state index in [1.54, 1.807) is 24.3 Å². The molecule has 0 fully saturated rings. The molecular weight excluding hydrogens is 376 g/mol. The molecule has 1 heterocycles. The molecule has 1 aliphatic heterocycles. The van der Waals surface area contributed by atoms with Crippen LogP contribution in [0.2, 0.25) is 0 Å². The Morgan fingerprint density at radius 3 is 2.62 bits per heavy atom. The van der Waals surface area contributed by atoms with Gasteiger partial charge in [-0.15, -0.1) is 12.4 Å². The van der Waals surface area contributed by atoms with Crippen LogP contribution in [0.25, 0.3) is 0 Å². The van der Waals surface area contributed by atoms with Crippen molar-refractivity contribution in [3.05, 3.63) is 29.8 Å². The van der Waals surface area contributed by atoms with E-state index in [2.05, 4.69) is 15.0 Å². The molecule has 7 nitrogen and oxygen atoms in total. The van der Waals surface area contributed by atoms with Gasteiger partial charge in [0.1, 0.15) is 5.84 Å². The van der Waals surface area contributed by atoms with E-state index in [9.17, 15) is 13.2 Å². The molecule has 1 amide bonds. The lowest BCUT2D eigenvalue weighted by Crippen LogP contribution is -2.55. The molecule has 1 unspecified atom stereocenters. The number of carbonyl (C=O) groups excluding carboxylic acids is 1. The van der Waals surface area contributed by atoms with Gasteiger partial charge in [-0.1, -0.05) is 26.0 Å². The minimum absolute atomic E-state index is 0. The zero-order valence-electron chi connectivity index (χ0n) is 15.3. The van der Waals surface area contributed by atoms with Gasteiger partial charge in [-0.25, -0.2) is 8.42 Å². The van der Waals surface area contributed by atoms with Crippen LogP contribution in [-0.4, -0.2) is 38.8 Å². The van der Waals surface area contributed by atoms with Gasteiger partial charge in [-0.05, 0) is 31.4 Å². The minimum Gasteiger partial charge on any atom is -0.349 e. The van der Waals surface area contributed by atoms with Crippen molar-refractivity contribution in [3.63, 3.8) is 0 Å². The van der Waals surface area contributed by atoms with Gasteiger partial charge < -0.3 is 11.1 Å². The molecule has 1 aromatic carbocycles. The van der Waals surface area contributed by atoms with Crippen LogP contribution in [-0.2, 0) is 14.8 Å². The number of hydrogen-bond donors (Lipinski definition) is 3. The number of fused-ring (bicyclic) bond motifs is 1. The SMILES string of the molecule is CC(C)C(C)(CN)NC(=O)CCCN=C1NS(=O)(=O)c2ccccc21.Cl. The van der Waals surface area contributed by atoms with Gasteiger partial charge in [-0.3, -0.25) is 14.5 Å². The maximum atomic E-state index is 12.1. The van der Waals surface area contributed by atoms with Gasteiger partial charge >= 0.3 is 0 Å². The molecule has 0 saturated heterocycles. The van der Waals surface area contributed by atoms with Crippen molar-refractivity contribution in [3.8, 4) is 0 Å². The molecule has 1 atom stereocenters. The van der Waals surface area contributed by atoms with Crippen LogP contribution < -0.4 is 15.8 Å². The number of aliphatic imine (C=N–C) groups is 1. The lowest BCUT2D eigenvalue weighted by Gasteiger charge is -2.33. The summed E-state index contributed by atoms with van der Waals surface area (Å²) in [7, 11) is -3.52. The highest BCUT2D eigenvalue weighted by Crippen LogP contribution is 2.22. The molecule has 0 saturated carbocycles. The zero-order valence-corrected chi connectivity index (χ0v) is 16.9. The third kappa shape index (κ3) is 4.96. The highest BCUT2D eigenvalue weighted by atomic mass is 35.5. The first kappa shape index (κ1) is 22.4. The van der Waals surface area contributed by atoms with Crippen molar-refractivity contribution in [2.24, 2.45) is 16.6 Å². The second-order valence-corrected chi connectivity index (χ2v) is 8.41. The lowest BCUT2D eigenvalue weighted by molar-refractivity contribution is -0.123. The quantitative estimate of drug-likeness (QED) is 0.598. The normalized spacial score (nSPS) is 18.6. The fraction of sp³-hybridized carbons (Fsp3) is 0.529. The van der Waals surface area contributed by atoms with E-state index in [0.717, 1.165) is 0 Å². The Morgan fingerprint density at radius 2 is 2.00 bits per heavy atom. The molecular formula is C17H27ClN4O3S. The second-order valence-electron chi connectivity index (χ2n) is 6.76. The molecule has 1 aromatic rings. The van der Waals surface area contributed by atoms with Crippen LogP contribution in [0.1, 0.15) is 39.2 Å². The summed E-state index contributed by atoms with van der Waals surface area (Å²) in [6, 6.07) is 6.71. The third-order valence-corrected chi connectivity index (χ3v) is 6.01. The molecule has 9 heteroatoms. The number of sulfonamides is 1. The summed E-state index contributed by atoms with van der Waals surface area (Å²) in [6.07, 6.45) is 0.839.